The number of carbonyl (C=O) groups excluding carboxylic acids is 1. The monoisotopic (exact) mass is 348 g/mol. The van der Waals surface area contributed by atoms with Gasteiger partial charge in [-0.3, -0.25) is 4.79 Å². The highest BCUT2D eigenvalue weighted by Gasteiger charge is 2.16. The molecule has 0 fully saturated rings. The third kappa shape index (κ3) is 4.42. The molecule has 2 rings (SSSR count). The number of terminal acetylenes is 1. The molecule has 0 saturated heterocycles. The number of hydrogen-bond acceptors (Lipinski definition) is 4. The maximum Gasteiger partial charge on any atom is 0.253 e. The van der Waals surface area contributed by atoms with Gasteiger partial charge < -0.3 is 4.90 Å². The molecule has 0 atom stereocenters. The lowest BCUT2D eigenvalue weighted by molar-refractivity contribution is 0.0786. The Balaban J connectivity index is 2.10. The van der Waals surface area contributed by atoms with Gasteiger partial charge in [-0.1, -0.05) is 12.0 Å². The van der Waals surface area contributed by atoms with Crippen molar-refractivity contribution in [3.63, 3.8) is 0 Å². The third-order valence-electron chi connectivity index (χ3n) is 3.10. The standard InChI is InChI=1S/C16H16N2O3S2/c1-3-10-17-23(20,21)15-8-6-13(7-9-15)16(19)18(2)12-14-5-4-11-22-14/h1,4-9,11,17H,10,12H2,2H3. The normalized spacial score (nSPS) is 11.0. The molecule has 5 nitrogen and oxygen atoms in total. The van der Waals surface area contributed by atoms with Crippen LogP contribution in [0.3, 0.4) is 0 Å². The van der Waals surface area contributed by atoms with Gasteiger partial charge in [0.05, 0.1) is 18.0 Å². The maximum absolute atomic E-state index is 12.3. The van der Waals surface area contributed by atoms with Crippen LogP contribution in [0.15, 0.2) is 46.7 Å². The van der Waals surface area contributed by atoms with E-state index in [1.807, 2.05) is 17.5 Å². The Labute approximate surface area is 140 Å². The Hall–Kier alpha value is -2.14. The molecule has 0 saturated carbocycles. The van der Waals surface area contributed by atoms with Gasteiger partial charge in [0.15, 0.2) is 0 Å². The van der Waals surface area contributed by atoms with E-state index in [0.29, 0.717) is 12.1 Å². The highest BCUT2D eigenvalue weighted by Crippen LogP contribution is 2.15. The lowest BCUT2D eigenvalue weighted by atomic mass is 10.2. The number of amides is 1. The summed E-state index contributed by atoms with van der Waals surface area (Å²) < 4.78 is 26.1. The molecule has 0 spiro atoms. The summed E-state index contributed by atoms with van der Waals surface area (Å²) in [6, 6.07) is 9.67. The summed E-state index contributed by atoms with van der Waals surface area (Å²) in [6.07, 6.45) is 5.04. The third-order valence-corrected chi connectivity index (χ3v) is 5.37. The second-order valence-corrected chi connectivity index (χ2v) is 7.59. The van der Waals surface area contributed by atoms with E-state index >= 15 is 0 Å². The van der Waals surface area contributed by atoms with Gasteiger partial charge in [-0.2, -0.15) is 4.72 Å². The average Bonchev–Trinajstić information content (AvgIpc) is 3.05. The van der Waals surface area contributed by atoms with Gasteiger partial charge in [0.2, 0.25) is 10.0 Å². The zero-order valence-electron chi connectivity index (χ0n) is 12.5. The number of sulfonamides is 1. The molecule has 7 heteroatoms. The van der Waals surface area contributed by atoms with E-state index in [0.717, 1.165) is 4.88 Å². The number of hydrogen-bond donors (Lipinski definition) is 1. The van der Waals surface area contributed by atoms with Crippen LogP contribution in [0.1, 0.15) is 15.2 Å². The van der Waals surface area contributed by atoms with Crippen molar-refractivity contribution in [3.8, 4) is 12.3 Å². The minimum absolute atomic E-state index is 0.0743. The molecule has 1 amide bonds. The van der Waals surface area contributed by atoms with Crippen molar-refractivity contribution >= 4 is 27.3 Å². The second-order valence-electron chi connectivity index (χ2n) is 4.79. The molecule has 2 aromatic rings. The number of thiophene rings is 1. The van der Waals surface area contributed by atoms with Gasteiger partial charge in [-0.15, -0.1) is 17.8 Å². The number of nitrogens with one attached hydrogen (secondary N) is 1. The zero-order chi connectivity index (χ0) is 16.9. The van der Waals surface area contributed by atoms with Crippen molar-refractivity contribution in [1.82, 2.24) is 9.62 Å². The van der Waals surface area contributed by atoms with Gasteiger partial charge in [0.1, 0.15) is 0 Å². The van der Waals surface area contributed by atoms with E-state index < -0.39 is 10.0 Å². The summed E-state index contributed by atoms with van der Waals surface area (Å²) in [5.41, 5.74) is 0.431. The predicted molar refractivity (Wildman–Crippen MR) is 90.6 cm³/mol. The SMILES string of the molecule is C#CCNS(=O)(=O)c1ccc(C(=O)N(C)Cc2cccs2)cc1. The first kappa shape index (κ1) is 17.2. The fourth-order valence-electron chi connectivity index (χ4n) is 1.93. The fraction of sp³-hybridized carbons (Fsp3) is 0.188. The average molecular weight is 348 g/mol. The van der Waals surface area contributed by atoms with Gasteiger partial charge in [-0.25, -0.2) is 8.42 Å². The van der Waals surface area contributed by atoms with Crippen molar-refractivity contribution in [1.29, 1.82) is 0 Å². The van der Waals surface area contributed by atoms with Crippen LogP contribution < -0.4 is 4.72 Å². The van der Waals surface area contributed by atoms with Crippen LogP contribution in [0.2, 0.25) is 0 Å². The minimum Gasteiger partial charge on any atom is -0.337 e. The fourth-order valence-corrected chi connectivity index (χ4v) is 3.62. The molecule has 0 aliphatic carbocycles. The number of nitrogens with zero attached hydrogens (tertiary/aromatic N) is 1. The van der Waals surface area contributed by atoms with Crippen LogP contribution in [-0.4, -0.2) is 32.8 Å². The predicted octanol–water partition coefficient (Wildman–Crippen LogP) is 1.93. The van der Waals surface area contributed by atoms with Crippen LogP contribution >= 0.6 is 11.3 Å². The summed E-state index contributed by atoms with van der Waals surface area (Å²) in [7, 11) is -1.93. The molecule has 1 aromatic heterocycles. The molecule has 1 aromatic carbocycles. The highest BCUT2D eigenvalue weighted by atomic mass is 32.2. The minimum atomic E-state index is -3.64. The topological polar surface area (TPSA) is 66.5 Å². The Morgan fingerprint density at radius 2 is 2.00 bits per heavy atom. The van der Waals surface area contributed by atoms with E-state index in [-0.39, 0.29) is 17.3 Å². The van der Waals surface area contributed by atoms with Crippen LogP contribution in [0.25, 0.3) is 0 Å². The molecule has 120 valence electrons. The smallest absolute Gasteiger partial charge is 0.253 e. The van der Waals surface area contributed by atoms with E-state index in [4.69, 9.17) is 6.42 Å². The maximum atomic E-state index is 12.3. The van der Waals surface area contributed by atoms with Crippen molar-refractivity contribution in [3.05, 3.63) is 52.2 Å². The lowest BCUT2D eigenvalue weighted by Crippen LogP contribution is -2.26. The molecule has 1 heterocycles. The molecule has 0 aliphatic heterocycles. The molecular formula is C16H16N2O3S2. The molecule has 0 aliphatic rings. The van der Waals surface area contributed by atoms with E-state index in [9.17, 15) is 13.2 Å². The summed E-state index contributed by atoms with van der Waals surface area (Å²) in [6.45, 7) is 0.437. The number of carbonyl (C=O) groups is 1. The Kier molecular flexibility index (Phi) is 5.55. The number of benzene rings is 1. The summed E-state index contributed by atoms with van der Waals surface area (Å²) in [5.74, 6) is 2.04. The molecule has 0 unspecified atom stereocenters. The first-order chi connectivity index (χ1) is 10.9. The highest BCUT2D eigenvalue weighted by molar-refractivity contribution is 7.89. The summed E-state index contributed by atoms with van der Waals surface area (Å²) >= 11 is 1.58. The van der Waals surface area contributed by atoms with Gasteiger partial charge in [-0.05, 0) is 35.7 Å². The van der Waals surface area contributed by atoms with Crippen LogP contribution in [0.4, 0.5) is 0 Å². The lowest BCUT2D eigenvalue weighted by Gasteiger charge is -2.16. The van der Waals surface area contributed by atoms with Gasteiger partial charge >= 0.3 is 0 Å². The molecule has 1 N–H and O–H groups in total. The molecular weight excluding hydrogens is 332 g/mol. The zero-order valence-corrected chi connectivity index (χ0v) is 14.2. The number of rotatable bonds is 6. The first-order valence-corrected chi connectivity index (χ1v) is 9.11. The molecule has 23 heavy (non-hydrogen) atoms. The van der Waals surface area contributed by atoms with E-state index in [1.54, 1.807) is 23.3 Å². The first-order valence-electron chi connectivity index (χ1n) is 6.75. The van der Waals surface area contributed by atoms with Crippen molar-refractivity contribution < 1.29 is 13.2 Å². The van der Waals surface area contributed by atoms with E-state index in [2.05, 4.69) is 10.6 Å². The van der Waals surface area contributed by atoms with Gasteiger partial charge in [0.25, 0.3) is 5.91 Å². The summed E-state index contributed by atoms with van der Waals surface area (Å²) in [4.78, 5) is 15.1. The van der Waals surface area contributed by atoms with Crippen molar-refractivity contribution in [2.45, 2.75) is 11.4 Å². The van der Waals surface area contributed by atoms with Crippen molar-refractivity contribution in [2.24, 2.45) is 0 Å². The van der Waals surface area contributed by atoms with Gasteiger partial charge in [0, 0.05) is 17.5 Å². The second kappa shape index (κ2) is 7.42. The quantitative estimate of drug-likeness (QED) is 0.811. The van der Waals surface area contributed by atoms with Crippen LogP contribution in [-0.2, 0) is 16.6 Å². The summed E-state index contributed by atoms with van der Waals surface area (Å²) in [5, 5.41) is 1.95. The largest absolute Gasteiger partial charge is 0.337 e. The molecule has 0 bridgehead atoms. The van der Waals surface area contributed by atoms with Crippen LogP contribution in [0.5, 0.6) is 0 Å². The molecule has 0 radical (unpaired) electrons. The van der Waals surface area contributed by atoms with E-state index in [1.165, 1.54) is 24.3 Å². The van der Waals surface area contributed by atoms with Crippen molar-refractivity contribution in [2.75, 3.05) is 13.6 Å². The Bertz CT molecular complexity index is 804. The Morgan fingerprint density at radius 3 is 2.57 bits per heavy atom. The van der Waals surface area contributed by atoms with Crippen LogP contribution in [0, 0.1) is 12.3 Å². The Morgan fingerprint density at radius 1 is 1.30 bits per heavy atom.